The van der Waals surface area contributed by atoms with Gasteiger partial charge in [0, 0.05) is 0 Å². The first-order valence-corrected chi connectivity index (χ1v) is 5.32. The number of nitrogens with zero attached hydrogens (tertiary/aromatic N) is 2. The second-order valence-corrected chi connectivity index (χ2v) is 4.20. The fourth-order valence-corrected chi connectivity index (χ4v) is 2.56. The highest BCUT2D eigenvalue weighted by Crippen LogP contribution is 2.22. The van der Waals surface area contributed by atoms with Gasteiger partial charge in [0.05, 0.1) is 6.17 Å². The van der Waals surface area contributed by atoms with Crippen LogP contribution in [-0.4, -0.2) is 42.6 Å². The van der Waals surface area contributed by atoms with Crippen LogP contribution >= 0.6 is 0 Å². The summed E-state index contributed by atoms with van der Waals surface area (Å²) in [6.07, 6.45) is 7.86. The summed E-state index contributed by atoms with van der Waals surface area (Å²) in [5.74, 6) is 0. The van der Waals surface area contributed by atoms with Crippen molar-refractivity contribution in [2.45, 2.75) is 38.3 Å². The van der Waals surface area contributed by atoms with E-state index < -0.39 is 0 Å². The molecule has 70 valence electrons. The summed E-state index contributed by atoms with van der Waals surface area (Å²) >= 11 is 0. The highest BCUT2D eigenvalue weighted by Gasteiger charge is 2.26. The maximum atomic E-state index is 2.67. The van der Waals surface area contributed by atoms with Gasteiger partial charge < -0.3 is 0 Å². The Morgan fingerprint density at radius 3 is 2.25 bits per heavy atom. The van der Waals surface area contributed by atoms with Crippen LogP contribution in [-0.2, 0) is 0 Å². The zero-order valence-electron chi connectivity index (χ0n) is 8.13. The number of hydrogen-bond acceptors (Lipinski definition) is 2. The summed E-state index contributed by atoms with van der Waals surface area (Å²) in [5.41, 5.74) is 0. The monoisotopic (exact) mass is 168 g/mol. The number of likely N-dealkylation sites (tertiary alicyclic amines) is 2. The molecule has 0 radical (unpaired) electrons. The Balaban J connectivity index is 1.91. The highest BCUT2D eigenvalue weighted by molar-refractivity contribution is 4.78. The minimum atomic E-state index is 0.779. The molecule has 2 fully saturated rings. The van der Waals surface area contributed by atoms with Crippen LogP contribution in [0, 0.1) is 0 Å². The van der Waals surface area contributed by atoms with Crippen molar-refractivity contribution in [2.24, 2.45) is 0 Å². The van der Waals surface area contributed by atoms with Gasteiger partial charge in [0.1, 0.15) is 0 Å². The average molecular weight is 168 g/mol. The van der Waals surface area contributed by atoms with Gasteiger partial charge in [-0.2, -0.15) is 0 Å². The second kappa shape index (κ2) is 3.75. The molecular formula is C10H20N2. The smallest absolute Gasteiger partial charge is 0.0619 e. The molecule has 0 saturated carbocycles. The summed E-state index contributed by atoms with van der Waals surface area (Å²) in [5, 5.41) is 0. The van der Waals surface area contributed by atoms with Gasteiger partial charge in [0.15, 0.2) is 0 Å². The third-order valence-corrected chi connectivity index (χ3v) is 3.29. The van der Waals surface area contributed by atoms with E-state index in [0.29, 0.717) is 0 Å². The summed E-state index contributed by atoms with van der Waals surface area (Å²) < 4.78 is 0. The zero-order chi connectivity index (χ0) is 8.39. The highest BCUT2D eigenvalue weighted by atomic mass is 15.3. The van der Waals surface area contributed by atoms with Crippen molar-refractivity contribution in [1.29, 1.82) is 0 Å². The van der Waals surface area contributed by atoms with Crippen LogP contribution in [0.1, 0.15) is 32.1 Å². The van der Waals surface area contributed by atoms with Crippen LogP contribution < -0.4 is 0 Å². The molecule has 2 rings (SSSR count). The first kappa shape index (κ1) is 8.52. The predicted octanol–water partition coefficient (Wildman–Crippen LogP) is 1.52. The molecule has 0 N–H and O–H groups in total. The van der Waals surface area contributed by atoms with Gasteiger partial charge in [-0.1, -0.05) is 0 Å². The number of rotatable bonds is 1. The first-order chi connectivity index (χ1) is 5.88. The molecule has 2 heteroatoms. The van der Waals surface area contributed by atoms with Crippen LogP contribution in [0.25, 0.3) is 0 Å². The van der Waals surface area contributed by atoms with Crippen molar-refractivity contribution >= 4 is 0 Å². The molecule has 0 aliphatic carbocycles. The van der Waals surface area contributed by atoms with Crippen molar-refractivity contribution in [3.63, 3.8) is 0 Å². The van der Waals surface area contributed by atoms with Crippen molar-refractivity contribution < 1.29 is 0 Å². The third kappa shape index (κ3) is 1.64. The van der Waals surface area contributed by atoms with E-state index >= 15 is 0 Å². The van der Waals surface area contributed by atoms with Crippen molar-refractivity contribution in [3.05, 3.63) is 0 Å². The van der Waals surface area contributed by atoms with Gasteiger partial charge in [-0.15, -0.1) is 0 Å². The van der Waals surface area contributed by atoms with Crippen LogP contribution in [0.3, 0.4) is 0 Å². The Kier molecular flexibility index (Phi) is 2.66. The number of hydrogen-bond donors (Lipinski definition) is 0. The van der Waals surface area contributed by atoms with Crippen molar-refractivity contribution in [1.82, 2.24) is 9.80 Å². The van der Waals surface area contributed by atoms with E-state index in [2.05, 4.69) is 16.8 Å². The van der Waals surface area contributed by atoms with Crippen molar-refractivity contribution in [3.8, 4) is 0 Å². The van der Waals surface area contributed by atoms with Crippen molar-refractivity contribution in [2.75, 3.05) is 26.7 Å². The maximum absolute atomic E-state index is 2.67. The van der Waals surface area contributed by atoms with E-state index in [1.54, 1.807) is 0 Å². The molecule has 2 aliphatic rings. The van der Waals surface area contributed by atoms with E-state index in [1.807, 2.05) is 0 Å². The topological polar surface area (TPSA) is 6.48 Å². The maximum Gasteiger partial charge on any atom is 0.0619 e. The quantitative estimate of drug-likeness (QED) is 0.586. The Morgan fingerprint density at radius 1 is 0.917 bits per heavy atom. The van der Waals surface area contributed by atoms with Crippen LogP contribution in [0.4, 0.5) is 0 Å². The minimum absolute atomic E-state index is 0.779. The molecule has 2 aliphatic heterocycles. The summed E-state index contributed by atoms with van der Waals surface area (Å²) in [6, 6.07) is 0. The van der Waals surface area contributed by atoms with E-state index in [9.17, 15) is 0 Å². The Labute approximate surface area is 75.5 Å². The fourth-order valence-electron chi connectivity index (χ4n) is 2.56. The van der Waals surface area contributed by atoms with Gasteiger partial charge in [-0.25, -0.2) is 0 Å². The zero-order valence-corrected chi connectivity index (χ0v) is 8.13. The van der Waals surface area contributed by atoms with E-state index in [-0.39, 0.29) is 0 Å². The van der Waals surface area contributed by atoms with Crippen LogP contribution in [0.5, 0.6) is 0 Å². The van der Waals surface area contributed by atoms with Gasteiger partial charge in [0.25, 0.3) is 0 Å². The van der Waals surface area contributed by atoms with E-state index in [0.717, 1.165) is 6.17 Å². The molecule has 0 aromatic rings. The van der Waals surface area contributed by atoms with Crippen LogP contribution in [0.15, 0.2) is 0 Å². The lowest BCUT2D eigenvalue weighted by molar-refractivity contribution is 0.0490. The SMILES string of the molecule is CN1CCCCC1N1CCCC1. The average Bonchev–Trinajstić information content (AvgIpc) is 2.57. The molecular weight excluding hydrogens is 148 g/mol. The molecule has 0 aromatic carbocycles. The van der Waals surface area contributed by atoms with Gasteiger partial charge in [-0.3, -0.25) is 9.80 Å². The minimum Gasteiger partial charge on any atom is -0.291 e. The third-order valence-electron chi connectivity index (χ3n) is 3.29. The molecule has 0 aromatic heterocycles. The molecule has 1 atom stereocenters. The standard InChI is InChI=1S/C10H20N2/c1-11-7-3-2-6-10(11)12-8-4-5-9-12/h10H,2-9H2,1H3. The molecule has 12 heavy (non-hydrogen) atoms. The van der Waals surface area contributed by atoms with Gasteiger partial charge in [-0.05, 0) is 58.8 Å². The molecule has 0 spiro atoms. The molecule has 2 nitrogen and oxygen atoms in total. The predicted molar refractivity (Wildman–Crippen MR) is 51.1 cm³/mol. The summed E-state index contributed by atoms with van der Waals surface area (Å²) in [6.45, 7) is 3.99. The van der Waals surface area contributed by atoms with E-state index in [1.165, 1.54) is 51.7 Å². The van der Waals surface area contributed by atoms with Gasteiger partial charge in [0.2, 0.25) is 0 Å². The molecule has 0 bridgehead atoms. The largest absolute Gasteiger partial charge is 0.291 e. The first-order valence-electron chi connectivity index (χ1n) is 5.32. The molecule has 2 heterocycles. The normalized spacial score (nSPS) is 34.2. The molecule has 1 unspecified atom stereocenters. The van der Waals surface area contributed by atoms with E-state index in [4.69, 9.17) is 0 Å². The summed E-state index contributed by atoms with van der Waals surface area (Å²) in [4.78, 5) is 5.20. The Morgan fingerprint density at radius 2 is 1.58 bits per heavy atom. The summed E-state index contributed by atoms with van der Waals surface area (Å²) in [7, 11) is 2.28. The number of piperidine rings is 1. The fraction of sp³-hybridized carbons (Fsp3) is 1.00. The second-order valence-electron chi connectivity index (χ2n) is 4.20. The molecule has 2 saturated heterocycles. The van der Waals surface area contributed by atoms with Crippen LogP contribution in [0.2, 0.25) is 0 Å². The lowest BCUT2D eigenvalue weighted by Gasteiger charge is -2.38. The Bertz CT molecular complexity index is 141. The van der Waals surface area contributed by atoms with Gasteiger partial charge >= 0.3 is 0 Å². The molecule has 0 amide bonds. The lowest BCUT2D eigenvalue weighted by atomic mass is 10.1. The Hall–Kier alpha value is -0.0800. The lowest BCUT2D eigenvalue weighted by Crippen LogP contribution is -2.47.